The molecule has 1 aliphatic heterocycles. The maximum absolute atomic E-state index is 13.1. The van der Waals surface area contributed by atoms with Gasteiger partial charge < -0.3 is 10.1 Å². The smallest absolute Gasteiger partial charge is 0.335 e. The summed E-state index contributed by atoms with van der Waals surface area (Å²) in [4.78, 5) is 61.1. The highest BCUT2D eigenvalue weighted by Gasteiger charge is 2.37. The van der Waals surface area contributed by atoms with Crippen molar-refractivity contribution in [1.29, 1.82) is 0 Å². The summed E-state index contributed by atoms with van der Waals surface area (Å²) in [5.74, 6) is -2.02. The van der Waals surface area contributed by atoms with E-state index < -0.39 is 28.7 Å². The van der Waals surface area contributed by atoms with Gasteiger partial charge in [0.2, 0.25) is 0 Å². The van der Waals surface area contributed by atoms with Crippen molar-refractivity contribution in [3.05, 3.63) is 100 Å². The zero-order valence-electron chi connectivity index (χ0n) is 18.5. The number of amides is 5. The minimum Gasteiger partial charge on any atom is -0.483 e. The molecule has 1 saturated heterocycles. The largest absolute Gasteiger partial charge is 0.483 e. The number of nitrogens with one attached hydrogen (secondary N) is 2. The highest BCUT2D eigenvalue weighted by molar-refractivity contribution is 6.39. The number of imide groups is 2. The summed E-state index contributed by atoms with van der Waals surface area (Å²) < 4.78 is 5.61. The number of non-ortho nitro benzene ring substituents is 1. The number of nitrogens with zero attached hydrogens (tertiary/aromatic N) is 2. The van der Waals surface area contributed by atoms with E-state index >= 15 is 0 Å². The topological polar surface area (TPSA) is 148 Å². The van der Waals surface area contributed by atoms with Gasteiger partial charge >= 0.3 is 6.03 Å². The van der Waals surface area contributed by atoms with Gasteiger partial charge in [0.1, 0.15) is 11.3 Å². The van der Waals surface area contributed by atoms with Gasteiger partial charge in [-0.05, 0) is 36.4 Å². The van der Waals surface area contributed by atoms with Crippen LogP contribution in [-0.4, -0.2) is 35.3 Å². The van der Waals surface area contributed by atoms with Crippen molar-refractivity contribution < 1.29 is 28.8 Å². The number of rotatable bonds is 7. The second kappa shape index (κ2) is 10.3. The van der Waals surface area contributed by atoms with Crippen LogP contribution >= 0.6 is 0 Å². The molecule has 0 saturated carbocycles. The first-order valence-corrected chi connectivity index (χ1v) is 10.6. The quantitative estimate of drug-likeness (QED) is 0.225. The standard InChI is InChI=1S/C25H18N4O7/c30-22(26-17-7-2-1-3-8-17)15-36-21-9-5-4-6-16(21)14-20-23(31)27-25(33)28(24(20)32)18-10-12-19(13-11-18)29(34)35/h1-14H,15H2,(H,26,30)(H,27,31,33). The zero-order valence-corrected chi connectivity index (χ0v) is 18.5. The SMILES string of the molecule is O=C(COc1ccccc1C=C1C(=O)NC(=O)N(c2ccc([N+](=O)[O-])cc2)C1=O)Nc1ccccc1. The van der Waals surface area contributed by atoms with Crippen molar-refractivity contribution in [3.63, 3.8) is 0 Å². The summed E-state index contributed by atoms with van der Waals surface area (Å²) in [6.45, 7) is -0.331. The summed E-state index contributed by atoms with van der Waals surface area (Å²) in [6, 6.07) is 19.0. The van der Waals surface area contributed by atoms with E-state index in [2.05, 4.69) is 10.6 Å². The molecule has 11 heteroatoms. The van der Waals surface area contributed by atoms with E-state index in [1.165, 1.54) is 18.2 Å². The van der Waals surface area contributed by atoms with Crippen LogP contribution in [0.4, 0.5) is 21.9 Å². The molecule has 0 unspecified atom stereocenters. The lowest BCUT2D eigenvalue weighted by Crippen LogP contribution is -2.54. The molecule has 4 rings (SSSR count). The summed E-state index contributed by atoms with van der Waals surface area (Å²) >= 11 is 0. The van der Waals surface area contributed by atoms with Gasteiger partial charge in [0.25, 0.3) is 23.4 Å². The number of benzene rings is 3. The van der Waals surface area contributed by atoms with Crippen molar-refractivity contribution in [3.8, 4) is 5.75 Å². The Balaban J connectivity index is 1.55. The average Bonchev–Trinajstić information content (AvgIpc) is 2.86. The summed E-state index contributed by atoms with van der Waals surface area (Å²) in [7, 11) is 0. The molecule has 36 heavy (non-hydrogen) atoms. The van der Waals surface area contributed by atoms with Gasteiger partial charge in [0.15, 0.2) is 6.61 Å². The molecule has 0 atom stereocenters. The number of carbonyl (C=O) groups excluding carboxylic acids is 4. The second-order valence-corrected chi connectivity index (χ2v) is 7.47. The van der Waals surface area contributed by atoms with Crippen molar-refractivity contribution >= 4 is 46.9 Å². The van der Waals surface area contributed by atoms with E-state index in [0.717, 1.165) is 12.1 Å². The molecule has 11 nitrogen and oxygen atoms in total. The fourth-order valence-electron chi connectivity index (χ4n) is 3.36. The Morgan fingerprint density at radius 3 is 2.33 bits per heavy atom. The van der Waals surface area contributed by atoms with Crippen molar-refractivity contribution in [2.75, 3.05) is 16.8 Å². The normalized spacial score (nSPS) is 14.4. The first-order valence-electron chi connectivity index (χ1n) is 10.6. The van der Waals surface area contributed by atoms with Gasteiger partial charge in [0, 0.05) is 23.4 Å². The van der Waals surface area contributed by atoms with Crippen LogP contribution in [0.15, 0.2) is 84.4 Å². The third kappa shape index (κ3) is 5.25. The van der Waals surface area contributed by atoms with Gasteiger partial charge in [-0.15, -0.1) is 0 Å². The minimum atomic E-state index is -0.988. The Morgan fingerprint density at radius 2 is 1.64 bits per heavy atom. The number of anilines is 2. The molecule has 0 aromatic heterocycles. The fraction of sp³-hybridized carbons (Fsp3) is 0.0400. The highest BCUT2D eigenvalue weighted by Crippen LogP contribution is 2.26. The van der Waals surface area contributed by atoms with E-state index in [1.807, 2.05) is 6.07 Å². The molecule has 180 valence electrons. The number of barbiturate groups is 1. The second-order valence-electron chi connectivity index (χ2n) is 7.47. The molecule has 3 aromatic rings. The lowest BCUT2D eigenvalue weighted by molar-refractivity contribution is -0.384. The number of urea groups is 1. The van der Waals surface area contributed by atoms with Crippen LogP contribution in [0.1, 0.15) is 5.56 Å². The van der Waals surface area contributed by atoms with E-state index in [4.69, 9.17) is 4.74 Å². The first-order chi connectivity index (χ1) is 17.3. The number of para-hydroxylation sites is 2. The van der Waals surface area contributed by atoms with Gasteiger partial charge in [-0.25, -0.2) is 9.69 Å². The highest BCUT2D eigenvalue weighted by atomic mass is 16.6. The van der Waals surface area contributed by atoms with E-state index in [9.17, 15) is 29.3 Å². The molecule has 1 heterocycles. The Hall–Kier alpha value is -5.32. The molecule has 1 fully saturated rings. The third-order valence-electron chi connectivity index (χ3n) is 5.06. The summed E-state index contributed by atoms with van der Waals surface area (Å²) in [5, 5.41) is 15.7. The lowest BCUT2D eigenvalue weighted by Gasteiger charge is -2.26. The molecule has 1 aliphatic rings. The summed E-state index contributed by atoms with van der Waals surface area (Å²) in [6.07, 6.45) is 1.24. The van der Waals surface area contributed by atoms with E-state index in [1.54, 1.807) is 48.5 Å². The Kier molecular flexibility index (Phi) is 6.82. The average molecular weight is 486 g/mol. The Morgan fingerprint density at radius 1 is 0.972 bits per heavy atom. The molecule has 0 spiro atoms. The fourth-order valence-corrected chi connectivity index (χ4v) is 3.36. The van der Waals surface area contributed by atoms with Crippen LogP contribution in [0.3, 0.4) is 0 Å². The molecular weight excluding hydrogens is 468 g/mol. The van der Waals surface area contributed by atoms with Crippen molar-refractivity contribution in [2.24, 2.45) is 0 Å². The number of carbonyl (C=O) groups is 4. The number of hydrogen-bond acceptors (Lipinski definition) is 7. The molecule has 3 aromatic carbocycles. The zero-order chi connectivity index (χ0) is 25.7. The molecule has 0 aliphatic carbocycles. The van der Waals surface area contributed by atoms with Gasteiger partial charge in [-0.3, -0.25) is 29.8 Å². The van der Waals surface area contributed by atoms with E-state index in [0.29, 0.717) is 16.2 Å². The third-order valence-corrected chi connectivity index (χ3v) is 5.06. The van der Waals surface area contributed by atoms with E-state index in [-0.39, 0.29) is 29.3 Å². The number of ether oxygens (including phenoxy) is 1. The van der Waals surface area contributed by atoms with Crippen LogP contribution in [0.25, 0.3) is 6.08 Å². The molecule has 0 radical (unpaired) electrons. The van der Waals surface area contributed by atoms with Gasteiger partial charge in [-0.2, -0.15) is 0 Å². The van der Waals surface area contributed by atoms with Crippen LogP contribution < -0.4 is 20.3 Å². The maximum Gasteiger partial charge on any atom is 0.335 e. The molecule has 5 amide bonds. The molecular formula is C25H18N4O7. The first kappa shape index (κ1) is 23.8. The Labute approximate surface area is 204 Å². The number of nitro benzene ring substituents is 1. The monoisotopic (exact) mass is 486 g/mol. The molecule has 2 N–H and O–H groups in total. The van der Waals surface area contributed by atoms with Gasteiger partial charge in [-0.1, -0.05) is 36.4 Å². The van der Waals surface area contributed by atoms with Crippen LogP contribution in [-0.2, 0) is 14.4 Å². The Bertz CT molecular complexity index is 1390. The summed E-state index contributed by atoms with van der Waals surface area (Å²) in [5.41, 5.74) is 0.377. The number of hydrogen-bond donors (Lipinski definition) is 2. The van der Waals surface area contributed by atoms with Crippen molar-refractivity contribution in [2.45, 2.75) is 0 Å². The van der Waals surface area contributed by atoms with Crippen LogP contribution in [0, 0.1) is 10.1 Å². The minimum absolute atomic E-state index is 0.0450. The number of nitro groups is 1. The predicted octanol–water partition coefficient (Wildman–Crippen LogP) is 3.28. The lowest BCUT2D eigenvalue weighted by atomic mass is 10.1. The van der Waals surface area contributed by atoms with Crippen LogP contribution in [0.5, 0.6) is 5.75 Å². The maximum atomic E-state index is 13.1. The van der Waals surface area contributed by atoms with Gasteiger partial charge in [0.05, 0.1) is 10.6 Å². The molecule has 0 bridgehead atoms. The predicted molar refractivity (Wildman–Crippen MR) is 129 cm³/mol. The van der Waals surface area contributed by atoms with Crippen molar-refractivity contribution in [1.82, 2.24) is 5.32 Å². The van der Waals surface area contributed by atoms with Crippen LogP contribution in [0.2, 0.25) is 0 Å².